The summed E-state index contributed by atoms with van der Waals surface area (Å²) in [6.07, 6.45) is 0. The predicted molar refractivity (Wildman–Crippen MR) is 31.5 cm³/mol. The van der Waals surface area contributed by atoms with Gasteiger partial charge in [0, 0.05) is 0 Å². The molecule has 5 heavy (non-hydrogen) atoms. The first kappa shape index (κ1) is 5.22. The van der Waals surface area contributed by atoms with Crippen molar-refractivity contribution < 1.29 is 0 Å². The number of nitriles is 1. The van der Waals surface area contributed by atoms with Crippen molar-refractivity contribution in [1.29, 1.82) is 5.26 Å². The first-order chi connectivity index (χ1) is 2.27. The summed E-state index contributed by atoms with van der Waals surface area (Å²) in [7, 11) is 0. The van der Waals surface area contributed by atoms with Crippen molar-refractivity contribution in [3.63, 3.8) is 0 Å². The number of halogens is 1. The van der Waals surface area contributed by atoms with Crippen LogP contribution in [-0.2, 0) is 0 Å². The summed E-state index contributed by atoms with van der Waals surface area (Å²) in [6.45, 7) is 0. The quantitative estimate of drug-likeness (QED) is 0.409. The molecule has 0 saturated heterocycles. The van der Waals surface area contributed by atoms with Gasteiger partial charge >= 0.3 is 39.0 Å². The van der Waals surface area contributed by atoms with Gasteiger partial charge in [0.1, 0.15) is 0 Å². The fraction of sp³-hybridized carbons (Fsp3) is 0.667. The van der Waals surface area contributed by atoms with Gasteiger partial charge in [-0.3, -0.25) is 0 Å². The van der Waals surface area contributed by atoms with E-state index in [1.165, 1.54) is 0 Å². The standard InChI is InChI=1S/C3H6IN/c1-4(2)3-5/h1-2H3. The molecule has 0 aromatic carbocycles. The van der Waals surface area contributed by atoms with Crippen LogP contribution in [0.3, 0.4) is 0 Å². The van der Waals surface area contributed by atoms with Crippen LogP contribution in [0.4, 0.5) is 0 Å². The summed E-state index contributed by atoms with van der Waals surface area (Å²) >= 11 is -0.976. The molecule has 0 aliphatic carbocycles. The minimum absolute atomic E-state index is 0.976. The van der Waals surface area contributed by atoms with E-state index in [9.17, 15) is 0 Å². The van der Waals surface area contributed by atoms with Gasteiger partial charge in [0.05, 0.1) is 0 Å². The average Bonchev–Trinajstić information content (AvgIpc) is 1.38. The molecular formula is C3H6IN. The zero-order valence-corrected chi connectivity index (χ0v) is 5.48. The van der Waals surface area contributed by atoms with E-state index in [4.69, 9.17) is 5.26 Å². The van der Waals surface area contributed by atoms with Gasteiger partial charge in [-0.2, -0.15) is 0 Å². The van der Waals surface area contributed by atoms with Gasteiger partial charge in [-0.25, -0.2) is 0 Å². The molecule has 0 fully saturated rings. The summed E-state index contributed by atoms with van der Waals surface area (Å²) in [5.41, 5.74) is 0. The van der Waals surface area contributed by atoms with Crippen molar-refractivity contribution in [1.82, 2.24) is 0 Å². The monoisotopic (exact) mass is 183 g/mol. The first-order valence-corrected chi connectivity index (χ1v) is 6.56. The van der Waals surface area contributed by atoms with E-state index in [1.54, 1.807) is 0 Å². The fourth-order valence-electron chi connectivity index (χ4n) is 0. The number of hydrogen-bond donors (Lipinski definition) is 0. The fourth-order valence-corrected chi connectivity index (χ4v) is 0. The molecular weight excluding hydrogens is 177 g/mol. The van der Waals surface area contributed by atoms with E-state index in [2.05, 4.69) is 4.08 Å². The molecule has 0 unspecified atom stereocenters. The Morgan fingerprint density at radius 3 is 1.80 bits per heavy atom. The van der Waals surface area contributed by atoms with Gasteiger partial charge in [0.2, 0.25) is 0 Å². The number of hydrogen-bond acceptors (Lipinski definition) is 1. The van der Waals surface area contributed by atoms with E-state index < -0.39 is 19.8 Å². The van der Waals surface area contributed by atoms with Crippen LogP contribution in [0, 0.1) is 9.34 Å². The Kier molecular flexibility index (Phi) is 2.57. The van der Waals surface area contributed by atoms with Crippen molar-refractivity contribution in [3.05, 3.63) is 0 Å². The summed E-state index contributed by atoms with van der Waals surface area (Å²) < 4.78 is 2.18. The van der Waals surface area contributed by atoms with Crippen LogP contribution in [0.25, 0.3) is 0 Å². The Morgan fingerprint density at radius 2 is 1.80 bits per heavy atom. The summed E-state index contributed by atoms with van der Waals surface area (Å²) in [5.74, 6) is 0. The predicted octanol–water partition coefficient (Wildman–Crippen LogP) is 1.23. The Bertz CT molecular complexity index is 52.4. The van der Waals surface area contributed by atoms with Gasteiger partial charge < -0.3 is 0 Å². The van der Waals surface area contributed by atoms with Crippen molar-refractivity contribution in [2.24, 2.45) is 0 Å². The van der Waals surface area contributed by atoms with Gasteiger partial charge in [0.15, 0.2) is 0 Å². The van der Waals surface area contributed by atoms with Gasteiger partial charge in [-0.05, 0) is 0 Å². The molecule has 0 aromatic rings. The average molecular weight is 183 g/mol. The molecule has 0 radical (unpaired) electrons. The molecule has 0 spiro atoms. The van der Waals surface area contributed by atoms with E-state index in [1.807, 2.05) is 9.86 Å². The molecule has 0 saturated carbocycles. The zero-order valence-electron chi connectivity index (χ0n) is 3.33. The van der Waals surface area contributed by atoms with Crippen LogP contribution in [0.2, 0.25) is 0 Å². The third kappa shape index (κ3) is 4.22. The Labute approximate surface area is 39.4 Å². The van der Waals surface area contributed by atoms with Crippen LogP contribution in [0.1, 0.15) is 0 Å². The second-order valence-electron chi connectivity index (χ2n) is 0.840. The topological polar surface area (TPSA) is 23.8 Å². The van der Waals surface area contributed by atoms with E-state index in [0.717, 1.165) is 0 Å². The van der Waals surface area contributed by atoms with Crippen LogP contribution < -0.4 is 0 Å². The molecule has 0 bridgehead atoms. The second kappa shape index (κ2) is 2.46. The number of nitrogens with zero attached hydrogens (tertiary/aromatic N) is 1. The molecule has 0 N–H and O–H groups in total. The number of rotatable bonds is 0. The maximum absolute atomic E-state index is 7.96. The molecule has 1 nitrogen and oxygen atoms in total. The molecule has 0 aliphatic heterocycles. The molecule has 0 rings (SSSR count). The van der Waals surface area contributed by atoms with Gasteiger partial charge in [-0.1, -0.05) is 0 Å². The first-order valence-electron chi connectivity index (χ1n) is 1.17. The minimum atomic E-state index is -0.976. The SMILES string of the molecule is CI(C)C#N. The molecule has 0 aliphatic rings. The zero-order chi connectivity index (χ0) is 4.28. The van der Waals surface area contributed by atoms with E-state index in [0.29, 0.717) is 0 Å². The summed E-state index contributed by atoms with van der Waals surface area (Å²) in [5, 5.41) is 7.96. The molecule has 0 amide bonds. The third-order valence-electron chi connectivity index (χ3n) is 0.169. The van der Waals surface area contributed by atoms with E-state index in [-0.39, 0.29) is 0 Å². The van der Waals surface area contributed by atoms with Crippen LogP contribution >= 0.6 is 19.8 Å². The van der Waals surface area contributed by atoms with Crippen molar-refractivity contribution in [3.8, 4) is 4.08 Å². The van der Waals surface area contributed by atoms with Crippen LogP contribution in [0.5, 0.6) is 0 Å². The summed E-state index contributed by atoms with van der Waals surface area (Å²) in [4.78, 5) is 4.04. The van der Waals surface area contributed by atoms with Gasteiger partial charge in [-0.15, -0.1) is 0 Å². The van der Waals surface area contributed by atoms with Crippen LogP contribution in [-0.4, -0.2) is 9.86 Å². The van der Waals surface area contributed by atoms with Crippen LogP contribution in [0.15, 0.2) is 0 Å². The molecule has 0 atom stereocenters. The summed E-state index contributed by atoms with van der Waals surface area (Å²) in [6, 6.07) is 0. The van der Waals surface area contributed by atoms with E-state index >= 15 is 0 Å². The molecule has 30 valence electrons. The van der Waals surface area contributed by atoms with Crippen molar-refractivity contribution in [2.45, 2.75) is 0 Å². The Balaban J connectivity index is 2.94. The molecule has 2 heteroatoms. The maximum atomic E-state index is 7.96. The second-order valence-corrected chi connectivity index (χ2v) is 5.64. The molecule has 0 heterocycles. The molecule has 0 aromatic heterocycles. The van der Waals surface area contributed by atoms with Gasteiger partial charge in [0.25, 0.3) is 0 Å². The van der Waals surface area contributed by atoms with Crippen molar-refractivity contribution in [2.75, 3.05) is 9.86 Å². The van der Waals surface area contributed by atoms with Crippen molar-refractivity contribution >= 4 is 19.8 Å². The Hall–Kier alpha value is 0.220. The Morgan fingerprint density at radius 1 is 1.60 bits per heavy atom. The normalized spacial score (nSPS) is 9.40. The third-order valence-corrected chi connectivity index (χ3v) is 1.13. The number of alkyl halides is 2.